The molecule has 2 aliphatic rings. The number of carbonyl (C=O) groups is 1. The topological polar surface area (TPSA) is 76.0 Å². The summed E-state index contributed by atoms with van der Waals surface area (Å²) in [6.45, 7) is 0. The van der Waals surface area contributed by atoms with Crippen LogP contribution in [0.4, 0.5) is 0 Å². The van der Waals surface area contributed by atoms with Gasteiger partial charge >= 0.3 is 0 Å². The minimum absolute atomic E-state index is 0.0108. The van der Waals surface area contributed by atoms with E-state index in [9.17, 15) is 9.59 Å². The van der Waals surface area contributed by atoms with Gasteiger partial charge in [0.2, 0.25) is 0 Å². The normalized spacial score (nSPS) is 16.4. The first-order valence-corrected chi connectivity index (χ1v) is 8.43. The molecule has 4 nitrogen and oxygen atoms in total. The fourth-order valence-electron chi connectivity index (χ4n) is 2.41. The van der Waals surface area contributed by atoms with E-state index in [1.54, 1.807) is 6.07 Å². The molecule has 0 bridgehead atoms. The second kappa shape index (κ2) is 6.40. The molecule has 1 fully saturated rings. The molecule has 1 aliphatic heterocycles. The lowest BCUT2D eigenvalue weighted by molar-refractivity contribution is 0.0999. The van der Waals surface area contributed by atoms with Crippen LogP contribution in [0.25, 0.3) is 10.9 Å². The monoisotopic (exact) mass is 314 g/mol. The fourth-order valence-corrected chi connectivity index (χ4v) is 3.09. The molecular formula is C17H18N2O2S. The van der Waals surface area contributed by atoms with Crippen LogP contribution in [0.15, 0.2) is 40.5 Å². The van der Waals surface area contributed by atoms with Gasteiger partial charge in [0.15, 0.2) is 0 Å². The molecule has 3 N–H and O–H groups in total. The number of aromatic nitrogens is 1. The molecule has 2 aromatic rings. The number of pyridine rings is 1. The SMILES string of the molecule is C1=CSCC1.NC(=O)c1cc2ccc(C3CC3)cc2[nH]c1=O. The van der Waals surface area contributed by atoms with Gasteiger partial charge in [-0.15, -0.1) is 11.8 Å². The minimum atomic E-state index is -0.695. The number of hydrogen-bond acceptors (Lipinski definition) is 3. The molecule has 0 spiro atoms. The van der Waals surface area contributed by atoms with Crippen molar-refractivity contribution >= 4 is 28.6 Å². The Bertz CT molecular complexity index is 785. The number of hydrogen-bond donors (Lipinski definition) is 2. The molecule has 0 unspecified atom stereocenters. The Morgan fingerprint density at radius 2 is 2.09 bits per heavy atom. The summed E-state index contributed by atoms with van der Waals surface area (Å²) in [7, 11) is 0. The smallest absolute Gasteiger partial charge is 0.261 e. The van der Waals surface area contributed by atoms with Gasteiger partial charge in [0.05, 0.1) is 0 Å². The number of nitrogens with two attached hydrogens (primary N) is 1. The van der Waals surface area contributed by atoms with E-state index >= 15 is 0 Å². The van der Waals surface area contributed by atoms with Crippen molar-refractivity contribution in [2.45, 2.75) is 25.2 Å². The molecule has 1 amide bonds. The van der Waals surface area contributed by atoms with Gasteiger partial charge in [0, 0.05) is 11.3 Å². The summed E-state index contributed by atoms with van der Waals surface area (Å²) in [5.74, 6) is 1.25. The number of H-pyrrole nitrogens is 1. The Balaban J connectivity index is 0.000000246. The predicted molar refractivity (Wildman–Crippen MR) is 91.3 cm³/mol. The van der Waals surface area contributed by atoms with Gasteiger partial charge in [-0.2, -0.15) is 0 Å². The average Bonchev–Trinajstić information content (AvgIpc) is 3.17. The Morgan fingerprint density at radius 3 is 2.64 bits per heavy atom. The zero-order valence-electron chi connectivity index (χ0n) is 12.2. The van der Waals surface area contributed by atoms with Gasteiger partial charge in [0.1, 0.15) is 5.56 Å². The number of thioether (sulfide) groups is 1. The Hall–Kier alpha value is -2.01. The minimum Gasteiger partial charge on any atom is -0.365 e. The molecule has 5 heteroatoms. The largest absolute Gasteiger partial charge is 0.365 e. The van der Waals surface area contributed by atoms with Crippen LogP contribution in [-0.2, 0) is 0 Å². The maximum absolute atomic E-state index is 11.6. The number of carbonyl (C=O) groups excluding carboxylic acids is 1. The molecule has 0 atom stereocenters. The highest BCUT2D eigenvalue weighted by atomic mass is 32.2. The highest BCUT2D eigenvalue weighted by Gasteiger charge is 2.23. The Labute approximate surface area is 132 Å². The van der Waals surface area contributed by atoms with Crippen LogP contribution in [0.2, 0.25) is 0 Å². The standard InChI is InChI=1S/C13H12N2O2.C4H6S/c14-12(16)10-5-9-4-3-8(7-1-2-7)6-11(9)15-13(10)17;1-2-4-5-3-1/h3-7H,1-2H2,(H2,14,16)(H,15,17);1,3H,2,4H2. The number of fused-ring (bicyclic) bond motifs is 1. The summed E-state index contributed by atoms with van der Waals surface area (Å²) in [6.07, 6.45) is 5.92. The number of allylic oxidation sites excluding steroid dienone is 1. The van der Waals surface area contributed by atoms with Gasteiger partial charge in [0.25, 0.3) is 11.5 Å². The summed E-state index contributed by atoms with van der Waals surface area (Å²) in [4.78, 5) is 25.4. The van der Waals surface area contributed by atoms with E-state index in [2.05, 4.69) is 16.5 Å². The van der Waals surface area contributed by atoms with Crippen LogP contribution < -0.4 is 11.3 Å². The van der Waals surface area contributed by atoms with E-state index in [1.807, 2.05) is 30.0 Å². The summed E-state index contributed by atoms with van der Waals surface area (Å²) >= 11 is 1.89. The van der Waals surface area contributed by atoms with Crippen molar-refractivity contribution in [3.63, 3.8) is 0 Å². The van der Waals surface area contributed by atoms with Crippen molar-refractivity contribution in [1.29, 1.82) is 0 Å². The van der Waals surface area contributed by atoms with Crippen molar-refractivity contribution < 1.29 is 4.79 Å². The van der Waals surface area contributed by atoms with Gasteiger partial charge in [-0.25, -0.2) is 0 Å². The Kier molecular flexibility index (Phi) is 4.34. The van der Waals surface area contributed by atoms with Crippen LogP contribution in [0.3, 0.4) is 0 Å². The first-order valence-electron chi connectivity index (χ1n) is 7.38. The number of aromatic amines is 1. The van der Waals surface area contributed by atoms with E-state index in [0.29, 0.717) is 5.92 Å². The quantitative estimate of drug-likeness (QED) is 0.894. The van der Waals surface area contributed by atoms with Gasteiger partial charge in [-0.1, -0.05) is 18.2 Å². The van der Waals surface area contributed by atoms with Crippen LogP contribution in [0, 0.1) is 0 Å². The second-order valence-electron chi connectivity index (χ2n) is 5.53. The molecule has 1 aromatic heterocycles. The van der Waals surface area contributed by atoms with Crippen molar-refractivity contribution in [1.82, 2.24) is 4.98 Å². The first kappa shape index (κ1) is 14.9. The van der Waals surface area contributed by atoms with Crippen molar-refractivity contribution in [3.05, 3.63) is 57.2 Å². The molecule has 1 saturated carbocycles. The van der Waals surface area contributed by atoms with Crippen LogP contribution in [0.1, 0.15) is 41.1 Å². The van der Waals surface area contributed by atoms with Crippen LogP contribution in [-0.4, -0.2) is 16.6 Å². The lowest BCUT2D eigenvalue weighted by Crippen LogP contribution is -2.23. The molecule has 0 radical (unpaired) electrons. The third kappa shape index (κ3) is 3.42. The lowest BCUT2D eigenvalue weighted by Gasteiger charge is -2.03. The molecule has 2 heterocycles. The van der Waals surface area contributed by atoms with E-state index in [0.717, 1.165) is 10.9 Å². The number of primary amides is 1. The van der Waals surface area contributed by atoms with Crippen LogP contribution in [0.5, 0.6) is 0 Å². The summed E-state index contributed by atoms with van der Waals surface area (Å²) in [5.41, 5.74) is 6.74. The van der Waals surface area contributed by atoms with E-state index < -0.39 is 11.5 Å². The van der Waals surface area contributed by atoms with Gasteiger partial charge in [-0.05, 0) is 53.7 Å². The van der Waals surface area contributed by atoms with E-state index in [-0.39, 0.29) is 5.56 Å². The third-order valence-electron chi connectivity index (χ3n) is 3.78. The zero-order chi connectivity index (χ0) is 15.5. The molecule has 4 rings (SSSR count). The first-order chi connectivity index (χ1) is 10.6. The average molecular weight is 314 g/mol. The summed E-state index contributed by atoms with van der Waals surface area (Å²) in [6, 6.07) is 7.50. The summed E-state index contributed by atoms with van der Waals surface area (Å²) < 4.78 is 0. The number of amides is 1. The summed E-state index contributed by atoms with van der Waals surface area (Å²) in [5, 5.41) is 2.99. The number of rotatable bonds is 2. The highest BCUT2D eigenvalue weighted by Crippen LogP contribution is 2.40. The maximum atomic E-state index is 11.6. The number of nitrogens with one attached hydrogen (secondary N) is 1. The predicted octanol–water partition coefficient (Wildman–Crippen LogP) is 3.14. The molecule has 0 saturated heterocycles. The third-order valence-corrected chi connectivity index (χ3v) is 4.64. The molecule has 114 valence electrons. The lowest BCUT2D eigenvalue weighted by atomic mass is 10.1. The molecule has 22 heavy (non-hydrogen) atoms. The van der Waals surface area contributed by atoms with Crippen molar-refractivity contribution in [2.24, 2.45) is 5.73 Å². The highest BCUT2D eigenvalue weighted by molar-refractivity contribution is 8.02. The van der Waals surface area contributed by atoms with Crippen LogP contribution >= 0.6 is 11.8 Å². The van der Waals surface area contributed by atoms with Crippen molar-refractivity contribution in [2.75, 3.05) is 5.75 Å². The fraction of sp³-hybridized carbons (Fsp3) is 0.294. The zero-order valence-corrected chi connectivity index (χ0v) is 13.0. The molecule has 1 aromatic carbocycles. The van der Waals surface area contributed by atoms with Gasteiger partial charge < -0.3 is 10.7 Å². The van der Waals surface area contributed by atoms with Crippen molar-refractivity contribution in [3.8, 4) is 0 Å². The Morgan fingerprint density at radius 1 is 1.27 bits per heavy atom. The van der Waals surface area contributed by atoms with E-state index in [1.165, 1.54) is 30.6 Å². The molecule has 1 aliphatic carbocycles. The second-order valence-corrected chi connectivity index (χ2v) is 6.54. The number of benzene rings is 1. The van der Waals surface area contributed by atoms with Gasteiger partial charge in [-0.3, -0.25) is 9.59 Å². The van der Waals surface area contributed by atoms with E-state index in [4.69, 9.17) is 5.73 Å². The molecular weight excluding hydrogens is 296 g/mol. The maximum Gasteiger partial charge on any atom is 0.261 e.